The van der Waals surface area contributed by atoms with Gasteiger partial charge in [-0.3, -0.25) is 0 Å². The maximum absolute atomic E-state index is 12.5. The first-order valence-electron chi connectivity index (χ1n) is 5.48. The number of pyridine rings is 1. The van der Waals surface area contributed by atoms with E-state index in [9.17, 15) is 13.2 Å². The molecule has 108 valence electrons. The van der Waals surface area contributed by atoms with Crippen LogP contribution in [0.1, 0.15) is 24.2 Å². The predicted octanol–water partition coefficient (Wildman–Crippen LogP) is 3.97. The molecular weight excluding hydrogens is 313 g/mol. The fourth-order valence-corrected chi connectivity index (χ4v) is 2.37. The minimum Gasteiger partial charge on any atom is -0.323 e. The van der Waals surface area contributed by atoms with Crippen LogP contribution in [0.15, 0.2) is 17.6 Å². The molecule has 0 amide bonds. The molecule has 9 heteroatoms. The Morgan fingerprint density at radius 2 is 2.15 bits per heavy atom. The van der Waals surface area contributed by atoms with Gasteiger partial charge in [-0.15, -0.1) is 11.3 Å². The summed E-state index contributed by atoms with van der Waals surface area (Å²) in [6.07, 6.45) is -3.76. The summed E-state index contributed by atoms with van der Waals surface area (Å²) in [5.74, 6) is 0.116. The highest BCUT2D eigenvalue weighted by Gasteiger charge is 2.31. The molecule has 2 heterocycles. The highest BCUT2D eigenvalue weighted by Crippen LogP contribution is 2.33. The number of nitrogens with one attached hydrogen (secondary N) is 1. The van der Waals surface area contributed by atoms with Crippen molar-refractivity contribution in [2.45, 2.75) is 19.1 Å². The minimum atomic E-state index is -4.47. The second kappa shape index (κ2) is 5.55. The van der Waals surface area contributed by atoms with Gasteiger partial charge in [-0.1, -0.05) is 11.6 Å². The number of aromatic nitrogens is 2. The Morgan fingerprint density at radius 3 is 2.65 bits per heavy atom. The number of halogens is 4. The lowest BCUT2D eigenvalue weighted by Gasteiger charge is -2.09. The van der Waals surface area contributed by atoms with Crippen LogP contribution in [0.4, 0.5) is 24.1 Å². The molecule has 0 aliphatic rings. The molecule has 1 unspecified atom stereocenters. The maximum atomic E-state index is 12.5. The van der Waals surface area contributed by atoms with Crippen molar-refractivity contribution in [3.8, 4) is 0 Å². The topological polar surface area (TPSA) is 63.8 Å². The Hall–Kier alpha value is -1.38. The smallest absolute Gasteiger partial charge is 0.323 e. The van der Waals surface area contributed by atoms with Gasteiger partial charge in [-0.2, -0.15) is 13.2 Å². The Kier molecular flexibility index (Phi) is 4.17. The van der Waals surface area contributed by atoms with E-state index in [1.807, 2.05) is 0 Å². The summed E-state index contributed by atoms with van der Waals surface area (Å²) in [6, 6.07) is 0.592. The van der Waals surface area contributed by atoms with Crippen LogP contribution in [-0.4, -0.2) is 9.97 Å². The molecule has 3 N–H and O–H groups in total. The summed E-state index contributed by atoms with van der Waals surface area (Å²) in [4.78, 5) is 7.85. The number of nitrogens with two attached hydrogens (primary N) is 1. The number of nitrogens with zero attached hydrogens (tertiary/aromatic N) is 2. The Bertz CT molecular complexity index is 612. The zero-order valence-corrected chi connectivity index (χ0v) is 11.8. The Labute approximate surface area is 121 Å². The predicted molar refractivity (Wildman–Crippen MR) is 72.2 cm³/mol. The lowest BCUT2D eigenvalue weighted by atomic mass is 10.3. The molecule has 0 aliphatic heterocycles. The average Bonchev–Trinajstić information content (AvgIpc) is 2.79. The molecule has 4 nitrogen and oxygen atoms in total. The molecule has 0 saturated heterocycles. The van der Waals surface area contributed by atoms with Gasteiger partial charge in [0.25, 0.3) is 0 Å². The van der Waals surface area contributed by atoms with E-state index in [0.29, 0.717) is 17.0 Å². The van der Waals surface area contributed by atoms with Crippen molar-refractivity contribution in [3.63, 3.8) is 0 Å². The van der Waals surface area contributed by atoms with Gasteiger partial charge in [0.1, 0.15) is 0 Å². The number of hydrogen-bond acceptors (Lipinski definition) is 5. The van der Waals surface area contributed by atoms with Crippen LogP contribution in [0.2, 0.25) is 5.02 Å². The monoisotopic (exact) mass is 322 g/mol. The van der Waals surface area contributed by atoms with Crippen LogP contribution in [0, 0.1) is 0 Å². The van der Waals surface area contributed by atoms with Gasteiger partial charge in [-0.05, 0) is 13.0 Å². The molecule has 2 aromatic rings. The van der Waals surface area contributed by atoms with E-state index in [4.69, 9.17) is 17.3 Å². The third-order valence-corrected chi connectivity index (χ3v) is 3.45. The molecule has 0 fully saturated rings. The van der Waals surface area contributed by atoms with Gasteiger partial charge in [0.05, 0.1) is 16.3 Å². The third kappa shape index (κ3) is 3.38. The molecule has 0 aliphatic carbocycles. The first kappa shape index (κ1) is 15.0. The summed E-state index contributed by atoms with van der Waals surface area (Å²) in [7, 11) is 0. The summed E-state index contributed by atoms with van der Waals surface area (Å²) < 4.78 is 37.4. The summed E-state index contributed by atoms with van der Waals surface area (Å²) in [5.41, 5.74) is 5.45. The molecule has 20 heavy (non-hydrogen) atoms. The normalized spacial score (nSPS) is 13.3. The summed E-state index contributed by atoms with van der Waals surface area (Å²) >= 11 is 7.05. The highest BCUT2D eigenvalue weighted by atomic mass is 35.5. The SMILES string of the molecule is CC(N)c1csc(Nc2ncc(C(F)(F)F)cc2Cl)n1. The lowest BCUT2D eigenvalue weighted by Crippen LogP contribution is -2.07. The second-order valence-electron chi connectivity index (χ2n) is 4.04. The molecular formula is C11H10ClF3N4S. The lowest BCUT2D eigenvalue weighted by molar-refractivity contribution is -0.137. The van der Waals surface area contributed by atoms with Crippen LogP contribution in [0.25, 0.3) is 0 Å². The number of thiazole rings is 1. The number of hydrogen-bond donors (Lipinski definition) is 2. The molecule has 2 rings (SSSR count). The quantitative estimate of drug-likeness (QED) is 0.897. The first-order valence-corrected chi connectivity index (χ1v) is 6.74. The summed E-state index contributed by atoms with van der Waals surface area (Å²) in [6.45, 7) is 1.78. The van der Waals surface area contributed by atoms with E-state index in [1.54, 1.807) is 12.3 Å². The third-order valence-electron chi connectivity index (χ3n) is 2.38. The standard InChI is InChI=1S/C11H10ClF3N4S/c1-5(16)8-4-20-10(18-8)19-9-7(12)2-6(3-17-9)11(13,14)15/h2-5H,16H2,1H3,(H,17,18,19). The number of rotatable bonds is 3. The fourth-order valence-electron chi connectivity index (χ4n) is 1.34. The van der Waals surface area contributed by atoms with E-state index < -0.39 is 11.7 Å². The zero-order chi connectivity index (χ0) is 14.9. The van der Waals surface area contributed by atoms with E-state index in [2.05, 4.69) is 15.3 Å². The minimum absolute atomic E-state index is 0.116. The van der Waals surface area contributed by atoms with Gasteiger partial charge >= 0.3 is 6.18 Å². The zero-order valence-electron chi connectivity index (χ0n) is 10.2. The highest BCUT2D eigenvalue weighted by molar-refractivity contribution is 7.13. The van der Waals surface area contributed by atoms with Crippen LogP contribution in [0.3, 0.4) is 0 Å². The van der Waals surface area contributed by atoms with E-state index in [-0.39, 0.29) is 16.9 Å². The second-order valence-corrected chi connectivity index (χ2v) is 5.31. The van der Waals surface area contributed by atoms with Crippen molar-refractivity contribution in [3.05, 3.63) is 33.9 Å². The largest absolute Gasteiger partial charge is 0.417 e. The van der Waals surface area contributed by atoms with E-state index in [1.165, 1.54) is 11.3 Å². The molecule has 0 saturated carbocycles. The van der Waals surface area contributed by atoms with Crippen LogP contribution >= 0.6 is 22.9 Å². The molecule has 0 radical (unpaired) electrons. The van der Waals surface area contributed by atoms with Gasteiger partial charge in [-0.25, -0.2) is 9.97 Å². The Balaban J connectivity index is 2.21. The van der Waals surface area contributed by atoms with Crippen LogP contribution in [-0.2, 0) is 6.18 Å². The van der Waals surface area contributed by atoms with Crippen molar-refractivity contribution in [2.24, 2.45) is 5.73 Å². The molecule has 0 aromatic carbocycles. The average molecular weight is 323 g/mol. The molecule has 0 bridgehead atoms. The van der Waals surface area contributed by atoms with E-state index in [0.717, 1.165) is 6.07 Å². The van der Waals surface area contributed by atoms with Crippen molar-refractivity contribution < 1.29 is 13.2 Å². The van der Waals surface area contributed by atoms with Gasteiger partial charge in [0, 0.05) is 17.6 Å². The van der Waals surface area contributed by atoms with Crippen molar-refractivity contribution in [2.75, 3.05) is 5.32 Å². The molecule has 2 aromatic heterocycles. The number of alkyl halides is 3. The van der Waals surface area contributed by atoms with Crippen molar-refractivity contribution in [1.82, 2.24) is 9.97 Å². The Morgan fingerprint density at radius 1 is 1.45 bits per heavy atom. The van der Waals surface area contributed by atoms with Crippen LogP contribution < -0.4 is 11.1 Å². The van der Waals surface area contributed by atoms with Crippen LogP contribution in [0.5, 0.6) is 0 Å². The maximum Gasteiger partial charge on any atom is 0.417 e. The number of anilines is 2. The van der Waals surface area contributed by atoms with Crippen molar-refractivity contribution in [1.29, 1.82) is 0 Å². The van der Waals surface area contributed by atoms with Gasteiger partial charge in [0.15, 0.2) is 10.9 Å². The molecule has 0 spiro atoms. The van der Waals surface area contributed by atoms with E-state index >= 15 is 0 Å². The first-order chi connectivity index (χ1) is 9.27. The summed E-state index contributed by atoms with van der Waals surface area (Å²) in [5, 5.41) is 4.86. The van der Waals surface area contributed by atoms with Gasteiger partial charge in [0.2, 0.25) is 0 Å². The molecule has 1 atom stereocenters. The fraction of sp³-hybridized carbons (Fsp3) is 0.273. The van der Waals surface area contributed by atoms with Crippen molar-refractivity contribution >= 4 is 33.9 Å². The van der Waals surface area contributed by atoms with Gasteiger partial charge < -0.3 is 11.1 Å².